The van der Waals surface area contributed by atoms with Crippen LogP contribution in [0.2, 0.25) is 0 Å². The maximum absolute atomic E-state index is 12.0. The quantitative estimate of drug-likeness (QED) is 0.810. The summed E-state index contributed by atoms with van der Waals surface area (Å²) in [5.41, 5.74) is -0.474. The molecule has 1 saturated heterocycles. The molecule has 1 aliphatic rings. The van der Waals surface area contributed by atoms with Gasteiger partial charge in [0.25, 0.3) is 0 Å². The second-order valence-electron chi connectivity index (χ2n) is 5.81. The second kappa shape index (κ2) is 5.71. The third-order valence-electron chi connectivity index (χ3n) is 3.24. The van der Waals surface area contributed by atoms with E-state index in [0.29, 0.717) is 12.5 Å². The van der Waals surface area contributed by atoms with Crippen LogP contribution in [-0.4, -0.2) is 40.9 Å². The number of rotatable bonds is 2. The number of aliphatic hydroxyl groups excluding tert-OH is 1. The molecular weight excluding hydrogens is 218 g/mol. The molecule has 1 rings (SSSR count). The van der Waals surface area contributed by atoms with Gasteiger partial charge in [0.1, 0.15) is 5.60 Å². The van der Waals surface area contributed by atoms with E-state index in [4.69, 9.17) is 4.74 Å². The number of hydrogen-bond acceptors (Lipinski definition) is 3. The Kier molecular flexibility index (Phi) is 4.80. The summed E-state index contributed by atoms with van der Waals surface area (Å²) in [4.78, 5) is 13.6. The zero-order chi connectivity index (χ0) is 13.1. The minimum atomic E-state index is -0.474. The van der Waals surface area contributed by atoms with Gasteiger partial charge >= 0.3 is 6.09 Å². The molecule has 2 unspecified atom stereocenters. The Hall–Kier alpha value is -0.770. The Morgan fingerprint density at radius 1 is 1.47 bits per heavy atom. The van der Waals surface area contributed by atoms with Crippen LogP contribution in [0.5, 0.6) is 0 Å². The van der Waals surface area contributed by atoms with Crippen LogP contribution in [0.3, 0.4) is 0 Å². The SMILES string of the molecule is CCC1CCN(C(=O)OC(C)(C)C)C(CO)C1. The number of carbonyl (C=O) groups excluding carboxylic acids is 1. The lowest BCUT2D eigenvalue weighted by molar-refractivity contribution is -0.00487. The number of likely N-dealkylation sites (tertiary alicyclic amines) is 1. The normalized spacial score (nSPS) is 25.8. The number of ether oxygens (including phenoxy) is 1. The third kappa shape index (κ3) is 4.19. The largest absolute Gasteiger partial charge is 0.444 e. The minimum Gasteiger partial charge on any atom is -0.444 e. The van der Waals surface area contributed by atoms with Gasteiger partial charge in [0.15, 0.2) is 0 Å². The first kappa shape index (κ1) is 14.3. The monoisotopic (exact) mass is 243 g/mol. The van der Waals surface area contributed by atoms with E-state index in [1.165, 1.54) is 0 Å². The molecule has 0 radical (unpaired) electrons. The number of nitrogens with zero attached hydrogens (tertiary/aromatic N) is 1. The lowest BCUT2D eigenvalue weighted by Crippen LogP contribution is -2.49. The van der Waals surface area contributed by atoms with Crippen LogP contribution in [0.1, 0.15) is 47.0 Å². The number of carbonyl (C=O) groups is 1. The summed E-state index contributed by atoms with van der Waals surface area (Å²) in [6.07, 6.45) is 2.70. The van der Waals surface area contributed by atoms with Crippen molar-refractivity contribution in [3.8, 4) is 0 Å². The Bertz CT molecular complexity index is 260. The van der Waals surface area contributed by atoms with Gasteiger partial charge in [0, 0.05) is 6.54 Å². The van der Waals surface area contributed by atoms with E-state index >= 15 is 0 Å². The zero-order valence-electron chi connectivity index (χ0n) is 11.4. The van der Waals surface area contributed by atoms with E-state index in [9.17, 15) is 9.90 Å². The molecule has 2 atom stereocenters. The molecule has 0 bridgehead atoms. The number of amides is 1. The van der Waals surface area contributed by atoms with Gasteiger partial charge in [0.05, 0.1) is 12.6 Å². The van der Waals surface area contributed by atoms with Crippen molar-refractivity contribution < 1.29 is 14.6 Å². The Morgan fingerprint density at radius 2 is 2.12 bits per heavy atom. The minimum absolute atomic E-state index is 0.0236. The lowest BCUT2D eigenvalue weighted by Gasteiger charge is -2.39. The summed E-state index contributed by atoms with van der Waals surface area (Å²) in [5, 5.41) is 9.37. The van der Waals surface area contributed by atoms with Crippen molar-refractivity contribution in [2.24, 2.45) is 5.92 Å². The fourth-order valence-corrected chi connectivity index (χ4v) is 2.24. The van der Waals surface area contributed by atoms with Gasteiger partial charge in [-0.1, -0.05) is 13.3 Å². The predicted molar refractivity (Wildman–Crippen MR) is 66.8 cm³/mol. The molecule has 0 aromatic heterocycles. The first-order chi connectivity index (χ1) is 7.87. The Balaban J connectivity index is 2.60. The summed E-state index contributed by atoms with van der Waals surface area (Å²) < 4.78 is 5.35. The average molecular weight is 243 g/mol. The van der Waals surface area contributed by atoms with Gasteiger partial charge in [0.2, 0.25) is 0 Å². The summed E-state index contributed by atoms with van der Waals surface area (Å²) in [6, 6.07) is -0.0800. The maximum atomic E-state index is 12.0. The van der Waals surface area contributed by atoms with Gasteiger partial charge in [-0.3, -0.25) is 0 Å². The Labute approximate surface area is 104 Å². The van der Waals surface area contributed by atoms with E-state index in [1.807, 2.05) is 20.8 Å². The van der Waals surface area contributed by atoms with E-state index in [2.05, 4.69) is 6.92 Å². The van der Waals surface area contributed by atoms with Gasteiger partial charge in [-0.05, 0) is 39.5 Å². The molecule has 1 amide bonds. The van der Waals surface area contributed by atoms with Gasteiger partial charge in [-0.2, -0.15) is 0 Å². The molecule has 0 aliphatic carbocycles. The highest BCUT2D eigenvalue weighted by Gasteiger charge is 2.33. The van der Waals surface area contributed by atoms with Gasteiger partial charge < -0.3 is 14.7 Å². The first-order valence-corrected chi connectivity index (χ1v) is 6.47. The van der Waals surface area contributed by atoms with Gasteiger partial charge in [-0.15, -0.1) is 0 Å². The van der Waals surface area contributed by atoms with Crippen molar-refractivity contribution in [3.05, 3.63) is 0 Å². The van der Waals surface area contributed by atoms with Gasteiger partial charge in [-0.25, -0.2) is 4.79 Å². The van der Waals surface area contributed by atoms with Crippen LogP contribution in [0.15, 0.2) is 0 Å². The molecule has 1 N–H and O–H groups in total. The van der Waals surface area contributed by atoms with Crippen molar-refractivity contribution >= 4 is 6.09 Å². The predicted octanol–water partition coefficient (Wildman–Crippen LogP) is 2.40. The topological polar surface area (TPSA) is 49.8 Å². The van der Waals surface area contributed by atoms with Crippen molar-refractivity contribution in [1.29, 1.82) is 0 Å². The average Bonchev–Trinajstić information content (AvgIpc) is 2.25. The first-order valence-electron chi connectivity index (χ1n) is 6.47. The highest BCUT2D eigenvalue weighted by molar-refractivity contribution is 5.68. The molecule has 0 aromatic carbocycles. The van der Waals surface area contributed by atoms with Crippen LogP contribution in [-0.2, 0) is 4.74 Å². The second-order valence-corrected chi connectivity index (χ2v) is 5.81. The molecule has 1 aliphatic heterocycles. The van der Waals surface area contributed by atoms with Crippen LogP contribution < -0.4 is 0 Å². The fraction of sp³-hybridized carbons (Fsp3) is 0.923. The van der Waals surface area contributed by atoms with Crippen LogP contribution >= 0.6 is 0 Å². The molecule has 1 fully saturated rings. The summed E-state index contributed by atoms with van der Waals surface area (Å²) in [6.45, 7) is 8.45. The van der Waals surface area contributed by atoms with Crippen LogP contribution in [0, 0.1) is 5.92 Å². The summed E-state index contributed by atoms with van der Waals surface area (Å²) in [5.74, 6) is 0.617. The van der Waals surface area contributed by atoms with E-state index in [-0.39, 0.29) is 18.7 Å². The zero-order valence-corrected chi connectivity index (χ0v) is 11.4. The lowest BCUT2D eigenvalue weighted by atomic mass is 9.89. The van der Waals surface area contributed by atoms with Crippen LogP contribution in [0.4, 0.5) is 4.79 Å². The fourth-order valence-electron chi connectivity index (χ4n) is 2.24. The highest BCUT2D eigenvalue weighted by atomic mass is 16.6. The molecular formula is C13H25NO3. The molecule has 0 saturated carbocycles. The summed E-state index contributed by atoms with van der Waals surface area (Å²) in [7, 11) is 0. The standard InChI is InChI=1S/C13H25NO3/c1-5-10-6-7-14(11(8-10)9-15)12(16)17-13(2,3)4/h10-11,15H,5-9H2,1-4H3. The van der Waals surface area contributed by atoms with E-state index in [0.717, 1.165) is 19.3 Å². The number of piperidine rings is 1. The molecule has 4 nitrogen and oxygen atoms in total. The highest BCUT2D eigenvalue weighted by Crippen LogP contribution is 2.26. The molecule has 17 heavy (non-hydrogen) atoms. The smallest absolute Gasteiger partial charge is 0.410 e. The molecule has 1 heterocycles. The molecule has 0 spiro atoms. The molecule has 4 heteroatoms. The molecule has 100 valence electrons. The maximum Gasteiger partial charge on any atom is 0.410 e. The number of aliphatic hydroxyl groups is 1. The van der Waals surface area contributed by atoms with Crippen LogP contribution in [0.25, 0.3) is 0 Å². The summed E-state index contributed by atoms with van der Waals surface area (Å²) >= 11 is 0. The number of hydrogen-bond donors (Lipinski definition) is 1. The third-order valence-corrected chi connectivity index (χ3v) is 3.24. The van der Waals surface area contributed by atoms with Crippen molar-refractivity contribution in [2.45, 2.75) is 58.6 Å². The molecule has 0 aromatic rings. The van der Waals surface area contributed by atoms with Crippen molar-refractivity contribution in [2.75, 3.05) is 13.2 Å². The Morgan fingerprint density at radius 3 is 2.59 bits per heavy atom. The van der Waals surface area contributed by atoms with E-state index in [1.54, 1.807) is 4.90 Å². The van der Waals surface area contributed by atoms with Crippen molar-refractivity contribution in [3.63, 3.8) is 0 Å². The van der Waals surface area contributed by atoms with E-state index < -0.39 is 5.60 Å². The van der Waals surface area contributed by atoms with Crippen molar-refractivity contribution in [1.82, 2.24) is 4.90 Å².